The first-order chi connectivity index (χ1) is 20.4. The van der Waals surface area contributed by atoms with Crippen LogP contribution in [0.2, 0.25) is 0 Å². The van der Waals surface area contributed by atoms with E-state index in [-0.39, 0.29) is 47.3 Å². The van der Waals surface area contributed by atoms with Gasteiger partial charge in [0.05, 0.1) is 18.3 Å². The van der Waals surface area contributed by atoms with Gasteiger partial charge in [-0.05, 0) is 109 Å². The molecule has 2 aromatic rings. The van der Waals surface area contributed by atoms with Gasteiger partial charge in [-0.25, -0.2) is 4.79 Å². The van der Waals surface area contributed by atoms with E-state index in [1.807, 2.05) is 30.5 Å². The Morgan fingerprint density at radius 1 is 0.977 bits per heavy atom. The Labute approximate surface area is 254 Å². The van der Waals surface area contributed by atoms with Crippen LogP contribution in [0.4, 0.5) is 0 Å². The lowest BCUT2D eigenvalue weighted by Gasteiger charge is -2.63. The van der Waals surface area contributed by atoms with E-state index < -0.39 is 30.3 Å². The van der Waals surface area contributed by atoms with Crippen molar-refractivity contribution in [3.8, 4) is 0 Å². The molecule has 43 heavy (non-hydrogen) atoms. The number of aliphatic carboxylic acids is 1. The highest BCUT2D eigenvalue weighted by Crippen LogP contribution is 2.68. The topological polar surface area (TPSA) is 143 Å². The van der Waals surface area contributed by atoms with Gasteiger partial charge in [0.1, 0.15) is 6.04 Å². The lowest BCUT2D eigenvalue weighted by molar-refractivity contribution is -0.223. The highest BCUT2D eigenvalue weighted by molar-refractivity contribution is 5.86. The summed E-state index contributed by atoms with van der Waals surface area (Å²) in [5.74, 6) is 0.117. The summed E-state index contributed by atoms with van der Waals surface area (Å²) in [6.07, 6.45) is 7.50. The molecular formula is C35H50N2O6. The normalized spacial score (nSPS) is 40.2. The molecule has 0 saturated heterocycles. The number of aromatic amines is 1. The number of rotatable bonds is 8. The number of aromatic nitrogens is 1. The molecule has 8 nitrogen and oxygen atoms in total. The standard InChI is InChI=1S/C35H50N2O6/c1-19(8-11-29(39)37-28(33(42)43)16-20-18-36-27-7-5-4-6-22(20)27)23-9-10-24-30-25(13-15-34(23,24)2)35(3)14-12-21(38)17-26(35)31(40)32(30)41/h4-7,18-19,21,23-26,28,30-32,36,38,40-41H,8-17H2,1-3H3,(H,37,39)(H,42,43)/t19-,21-,23-,24+,25+,26+,28?,30+,31+,32-,34-,35-/m1/s1. The van der Waals surface area contributed by atoms with Crippen molar-refractivity contribution in [3.63, 3.8) is 0 Å². The minimum Gasteiger partial charge on any atom is -0.480 e. The second-order valence-electron chi connectivity index (χ2n) is 15.1. The van der Waals surface area contributed by atoms with Crippen LogP contribution in [-0.2, 0) is 16.0 Å². The van der Waals surface area contributed by atoms with Crippen LogP contribution in [0.15, 0.2) is 30.5 Å². The van der Waals surface area contributed by atoms with Crippen LogP contribution in [-0.4, -0.2) is 61.6 Å². The zero-order valence-electron chi connectivity index (χ0n) is 25.8. The lowest BCUT2D eigenvalue weighted by atomic mass is 9.43. The molecule has 1 unspecified atom stereocenters. The van der Waals surface area contributed by atoms with Crippen molar-refractivity contribution in [2.45, 2.75) is 109 Å². The highest BCUT2D eigenvalue weighted by Gasteiger charge is 2.65. The van der Waals surface area contributed by atoms with Crippen LogP contribution in [0, 0.1) is 46.3 Å². The number of hydrogen-bond acceptors (Lipinski definition) is 5. The van der Waals surface area contributed by atoms with Crippen LogP contribution >= 0.6 is 0 Å². The number of para-hydroxylation sites is 1. The number of nitrogens with one attached hydrogen (secondary N) is 2. The maximum Gasteiger partial charge on any atom is 0.326 e. The number of hydrogen-bond donors (Lipinski definition) is 6. The van der Waals surface area contributed by atoms with Crippen molar-refractivity contribution in [3.05, 3.63) is 36.0 Å². The molecule has 0 aliphatic heterocycles. The maximum absolute atomic E-state index is 13.0. The lowest BCUT2D eigenvalue weighted by Crippen LogP contribution is -2.64. The van der Waals surface area contributed by atoms with Crippen molar-refractivity contribution in [2.24, 2.45) is 46.3 Å². The maximum atomic E-state index is 13.0. The molecule has 12 atom stereocenters. The SMILES string of the molecule is C[C@H](CCC(=O)NC(Cc1c[nH]c2ccccc12)C(=O)O)[C@H]1CC[C@H]2[C@@H]3[C@@H](O)[C@@H](O)[C@@H]4C[C@H](O)CC[C@]4(C)[C@H]3CC[C@]12C. The molecule has 1 aromatic heterocycles. The van der Waals surface area contributed by atoms with E-state index in [2.05, 4.69) is 31.1 Å². The number of aliphatic hydroxyl groups excluding tert-OH is 3. The molecule has 0 spiro atoms. The molecule has 0 bridgehead atoms. The van der Waals surface area contributed by atoms with Gasteiger partial charge in [-0.3, -0.25) is 4.79 Å². The zero-order chi connectivity index (χ0) is 30.7. The van der Waals surface area contributed by atoms with Crippen molar-refractivity contribution in [1.29, 1.82) is 0 Å². The first-order valence-electron chi connectivity index (χ1n) is 16.6. The Balaban J connectivity index is 1.09. The van der Waals surface area contributed by atoms with E-state index in [0.717, 1.165) is 55.0 Å². The summed E-state index contributed by atoms with van der Waals surface area (Å²) in [5.41, 5.74) is 1.80. The highest BCUT2D eigenvalue weighted by atomic mass is 16.4. The Kier molecular flexibility index (Phi) is 8.18. The summed E-state index contributed by atoms with van der Waals surface area (Å²) >= 11 is 0. The summed E-state index contributed by atoms with van der Waals surface area (Å²) in [7, 11) is 0. The molecule has 4 saturated carbocycles. The number of carbonyl (C=O) groups is 2. The zero-order valence-corrected chi connectivity index (χ0v) is 25.8. The summed E-state index contributed by atoms with van der Waals surface area (Å²) in [4.78, 5) is 28.3. The van der Waals surface area contributed by atoms with E-state index in [9.17, 15) is 30.0 Å². The van der Waals surface area contributed by atoms with Gasteiger partial charge in [-0.15, -0.1) is 0 Å². The quantitative estimate of drug-likeness (QED) is 0.263. The number of amides is 1. The monoisotopic (exact) mass is 594 g/mol. The summed E-state index contributed by atoms with van der Waals surface area (Å²) in [5, 5.41) is 46.8. The molecular weight excluding hydrogens is 544 g/mol. The minimum atomic E-state index is -1.04. The van der Waals surface area contributed by atoms with E-state index in [1.165, 1.54) is 0 Å². The molecule has 6 N–H and O–H groups in total. The fraction of sp³-hybridized carbons (Fsp3) is 0.714. The number of carboxylic acids is 1. The van der Waals surface area contributed by atoms with E-state index in [0.29, 0.717) is 30.6 Å². The van der Waals surface area contributed by atoms with Gasteiger partial charge in [0.25, 0.3) is 0 Å². The molecule has 8 heteroatoms. The first-order valence-corrected chi connectivity index (χ1v) is 16.6. The van der Waals surface area contributed by atoms with Crippen LogP contribution < -0.4 is 5.32 Å². The second kappa shape index (κ2) is 11.5. The Morgan fingerprint density at radius 2 is 1.70 bits per heavy atom. The van der Waals surface area contributed by atoms with Crippen LogP contribution in [0.1, 0.15) is 84.1 Å². The minimum absolute atomic E-state index is 0.0358. The average molecular weight is 595 g/mol. The molecule has 1 aromatic carbocycles. The van der Waals surface area contributed by atoms with Crippen LogP contribution in [0.25, 0.3) is 10.9 Å². The predicted octanol–water partition coefficient (Wildman–Crippen LogP) is 4.66. The van der Waals surface area contributed by atoms with Crippen molar-refractivity contribution >= 4 is 22.8 Å². The third kappa shape index (κ3) is 5.21. The fourth-order valence-electron chi connectivity index (χ4n) is 10.8. The van der Waals surface area contributed by atoms with Gasteiger partial charge in [0.15, 0.2) is 0 Å². The smallest absolute Gasteiger partial charge is 0.326 e. The third-order valence-corrected chi connectivity index (χ3v) is 13.0. The first kappa shape index (κ1) is 30.6. The van der Waals surface area contributed by atoms with E-state index in [1.54, 1.807) is 0 Å². The number of fused-ring (bicyclic) bond motifs is 6. The molecule has 1 amide bonds. The van der Waals surface area contributed by atoms with E-state index >= 15 is 0 Å². The predicted molar refractivity (Wildman–Crippen MR) is 164 cm³/mol. The molecule has 6 rings (SSSR count). The molecule has 0 radical (unpaired) electrons. The van der Waals surface area contributed by atoms with Crippen molar-refractivity contribution < 1.29 is 30.0 Å². The molecule has 236 valence electrons. The number of carbonyl (C=O) groups excluding carboxylic acids is 1. The Morgan fingerprint density at radius 3 is 2.47 bits per heavy atom. The van der Waals surface area contributed by atoms with Gasteiger partial charge in [-0.1, -0.05) is 39.0 Å². The van der Waals surface area contributed by atoms with Gasteiger partial charge in [0, 0.05) is 29.9 Å². The second-order valence-corrected chi connectivity index (χ2v) is 15.1. The van der Waals surface area contributed by atoms with Crippen molar-refractivity contribution in [2.75, 3.05) is 0 Å². The Hall–Kier alpha value is -2.42. The van der Waals surface area contributed by atoms with Gasteiger partial charge >= 0.3 is 5.97 Å². The molecule has 4 aliphatic rings. The molecule has 4 aliphatic carbocycles. The number of aliphatic hydroxyl groups is 3. The Bertz CT molecular complexity index is 1340. The molecule has 4 fully saturated rings. The number of carboxylic acid groups (broad SMARTS) is 1. The van der Waals surface area contributed by atoms with Gasteiger partial charge < -0.3 is 30.7 Å². The average Bonchev–Trinajstić information content (AvgIpc) is 3.55. The number of H-pyrrole nitrogens is 1. The van der Waals surface area contributed by atoms with Gasteiger partial charge in [0.2, 0.25) is 5.91 Å². The number of benzene rings is 1. The van der Waals surface area contributed by atoms with Crippen LogP contribution in [0.3, 0.4) is 0 Å². The van der Waals surface area contributed by atoms with E-state index in [4.69, 9.17) is 0 Å². The van der Waals surface area contributed by atoms with Gasteiger partial charge in [-0.2, -0.15) is 0 Å². The van der Waals surface area contributed by atoms with Crippen molar-refractivity contribution in [1.82, 2.24) is 10.3 Å². The van der Waals surface area contributed by atoms with Crippen LogP contribution in [0.5, 0.6) is 0 Å². The summed E-state index contributed by atoms with van der Waals surface area (Å²) < 4.78 is 0. The fourth-order valence-corrected chi connectivity index (χ4v) is 10.8. The largest absolute Gasteiger partial charge is 0.480 e. The third-order valence-electron chi connectivity index (χ3n) is 13.0. The summed E-state index contributed by atoms with van der Waals surface area (Å²) in [6.45, 7) is 6.90. The molecule has 1 heterocycles. The summed E-state index contributed by atoms with van der Waals surface area (Å²) in [6, 6.07) is 6.77.